The molecule has 2 aromatic heterocycles. The third-order valence-electron chi connectivity index (χ3n) is 8.39. The van der Waals surface area contributed by atoms with Crippen molar-refractivity contribution in [1.29, 1.82) is 0 Å². The van der Waals surface area contributed by atoms with Crippen molar-refractivity contribution < 1.29 is 33.3 Å². The molecule has 0 saturated heterocycles. The fourth-order valence-electron chi connectivity index (χ4n) is 5.31. The summed E-state index contributed by atoms with van der Waals surface area (Å²) in [5.74, 6) is -1.08. The molecule has 0 amide bonds. The van der Waals surface area contributed by atoms with Gasteiger partial charge in [-0.25, -0.2) is 14.4 Å². The van der Waals surface area contributed by atoms with Gasteiger partial charge in [0.1, 0.15) is 17.1 Å². The fraction of sp³-hybridized carbons (Fsp3) is 0.342. The lowest BCUT2D eigenvalue weighted by Crippen LogP contribution is -2.33. The van der Waals surface area contributed by atoms with Gasteiger partial charge in [0.05, 0.1) is 26.3 Å². The van der Waals surface area contributed by atoms with Crippen molar-refractivity contribution in [3.05, 3.63) is 132 Å². The van der Waals surface area contributed by atoms with Gasteiger partial charge in [0.25, 0.3) is 0 Å². The molecule has 0 radical (unpaired) electrons. The number of carbonyl (C=O) groups excluding carboxylic acids is 3. The summed E-state index contributed by atoms with van der Waals surface area (Å²) in [6, 6.07) is 27.1. The number of benzene rings is 2. The van der Waals surface area contributed by atoms with E-state index in [1.165, 1.54) is 7.11 Å². The number of esters is 3. The number of aromatic nitrogens is 2. The third kappa shape index (κ3) is 8.22. The normalized spacial score (nSPS) is 14.9. The summed E-state index contributed by atoms with van der Waals surface area (Å²) >= 11 is 0. The van der Waals surface area contributed by atoms with Crippen LogP contribution >= 0.6 is 0 Å². The van der Waals surface area contributed by atoms with Crippen LogP contribution in [0, 0.1) is 5.92 Å². The van der Waals surface area contributed by atoms with Gasteiger partial charge in [-0.05, 0) is 62.1 Å². The summed E-state index contributed by atoms with van der Waals surface area (Å²) < 4.78 is 24.7. The van der Waals surface area contributed by atoms with E-state index in [9.17, 15) is 14.4 Å². The SMILES string of the molecule is C=C(OC)C1(OC(=O)c2cccn2[C@H](C)c2ccccc2)CC1.COC(=O)[C@H](OC(=O)c1cccn1[C@H](C)c1ccccc1)C(C)C. The number of rotatable bonds is 12. The highest BCUT2D eigenvalue weighted by atomic mass is 16.6. The van der Waals surface area contributed by atoms with Gasteiger partial charge in [-0.2, -0.15) is 0 Å². The second kappa shape index (κ2) is 15.5. The quantitative estimate of drug-likeness (QED) is 0.0904. The Morgan fingerprint density at radius 2 is 1.15 bits per heavy atom. The van der Waals surface area contributed by atoms with Crippen LogP contribution in [0.15, 0.2) is 110 Å². The highest BCUT2D eigenvalue weighted by Crippen LogP contribution is 2.46. The number of hydrogen-bond donors (Lipinski definition) is 0. The average Bonchev–Trinajstić information content (AvgIpc) is 3.46. The highest BCUT2D eigenvalue weighted by molar-refractivity contribution is 5.90. The first-order valence-corrected chi connectivity index (χ1v) is 15.7. The second-order valence-electron chi connectivity index (χ2n) is 11.9. The van der Waals surface area contributed by atoms with Crippen LogP contribution in [0.3, 0.4) is 0 Å². The molecule has 0 spiro atoms. The van der Waals surface area contributed by atoms with E-state index >= 15 is 0 Å². The molecule has 2 aromatic carbocycles. The number of hydrogen-bond acceptors (Lipinski definition) is 7. The van der Waals surface area contributed by atoms with Gasteiger partial charge in [-0.15, -0.1) is 0 Å². The van der Waals surface area contributed by atoms with Crippen LogP contribution in [-0.2, 0) is 23.7 Å². The van der Waals surface area contributed by atoms with Gasteiger partial charge >= 0.3 is 17.9 Å². The third-order valence-corrected chi connectivity index (χ3v) is 8.39. The molecule has 1 aliphatic rings. The zero-order valence-corrected chi connectivity index (χ0v) is 27.9. The van der Waals surface area contributed by atoms with E-state index in [1.807, 2.05) is 83.0 Å². The van der Waals surface area contributed by atoms with E-state index in [0.29, 0.717) is 17.1 Å². The van der Waals surface area contributed by atoms with E-state index in [1.54, 1.807) is 39.2 Å². The predicted octanol–water partition coefficient (Wildman–Crippen LogP) is 7.40. The number of methoxy groups -OCH3 is 2. The van der Waals surface area contributed by atoms with E-state index in [4.69, 9.17) is 18.9 Å². The standard InChI is InChI=1S/C19H23NO4.C19H21NO3/c1-13(2)17(19(22)23-4)24-18(21)16-11-8-12-20(16)14(3)15-9-6-5-7-10-15;1-14(16-8-5-4-6-9-16)20-13-7-10-17(20)18(21)23-19(11-12-19)15(2)22-3/h5-14,17H,1-4H3;4-10,13-14H,2,11-12H2,1,3H3/t14-,17-;14-/m11/s1. The minimum absolute atomic E-state index is 0.0284. The number of nitrogens with zero attached hydrogens (tertiary/aromatic N) is 2. The molecule has 4 aromatic rings. The van der Waals surface area contributed by atoms with Gasteiger partial charge in [0.15, 0.2) is 5.60 Å². The molecule has 9 heteroatoms. The monoisotopic (exact) mass is 640 g/mol. The first-order chi connectivity index (χ1) is 22.5. The molecule has 248 valence electrons. The first kappa shape index (κ1) is 34.8. The molecule has 5 rings (SSSR count). The van der Waals surface area contributed by atoms with Gasteiger partial charge in [0, 0.05) is 18.3 Å². The Labute approximate surface area is 276 Å². The minimum Gasteiger partial charge on any atom is -0.497 e. The van der Waals surface area contributed by atoms with Crippen molar-refractivity contribution in [3.63, 3.8) is 0 Å². The summed E-state index contributed by atoms with van der Waals surface area (Å²) in [4.78, 5) is 36.9. The molecule has 1 aliphatic carbocycles. The molecule has 2 heterocycles. The summed E-state index contributed by atoms with van der Waals surface area (Å²) in [6.45, 7) is 11.5. The molecule has 3 atom stereocenters. The van der Waals surface area contributed by atoms with Crippen LogP contribution in [0.25, 0.3) is 0 Å². The summed E-state index contributed by atoms with van der Waals surface area (Å²) in [5.41, 5.74) is 2.52. The Hall–Kier alpha value is -5.05. The molecule has 0 aliphatic heterocycles. The van der Waals surface area contributed by atoms with Gasteiger partial charge in [-0.1, -0.05) is 81.1 Å². The topological polar surface area (TPSA) is 98.0 Å². The van der Waals surface area contributed by atoms with Crippen molar-refractivity contribution in [2.24, 2.45) is 5.92 Å². The summed E-state index contributed by atoms with van der Waals surface area (Å²) in [6.07, 6.45) is 4.34. The molecule has 0 N–H and O–H groups in total. The van der Waals surface area contributed by atoms with E-state index in [-0.39, 0.29) is 24.0 Å². The molecule has 9 nitrogen and oxygen atoms in total. The van der Waals surface area contributed by atoms with E-state index in [2.05, 4.69) is 25.6 Å². The van der Waals surface area contributed by atoms with Crippen molar-refractivity contribution in [3.8, 4) is 0 Å². The fourth-order valence-corrected chi connectivity index (χ4v) is 5.31. The zero-order valence-electron chi connectivity index (χ0n) is 27.9. The van der Waals surface area contributed by atoms with Gasteiger partial charge < -0.3 is 28.1 Å². The van der Waals surface area contributed by atoms with Gasteiger partial charge in [-0.3, -0.25) is 0 Å². The highest BCUT2D eigenvalue weighted by Gasteiger charge is 2.51. The summed E-state index contributed by atoms with van der Waals surface area (Å²) in [5, 5.41) is 0. The molecule has 47 heavy (non-hydrogen) atoms. The second-order valence-corrected chi connectivity index (χ2v) is 11.9. The van der Waals surface area contributed by atoms with Crippen LogP contribution in [0.1, 0.15) is 84.7 Å². The number of carbonyl (C=O) groups is 3. The molecule has 1 saturated carbocycles. The predicted molar refractivity (Wildman–Crippen MR) is 179 cm³/mol. The molecular formula is C38H44N2O7. The maximum atomic E-state index is 12.6. The van der Waals surface area contributed by atoms with E-state index < -0.39 is 23.6 Å². The smallest absolute Gasteiger partial charge is 0.355 e. The largest absolute Gasteiger partial charge is 0.497 e. The Morgan fingerprint density at radius 1 is 0.681 bits per heavy atom. The Morgan fingerprint density at radius 3 is 1.55 bits per heavy atom. The van der Waals surface area contributed by atoms with Crippen molar-refractivity contribution in [2.45, 2.75) is 64.3 Å². The summed E-state index contributed by atoms with van der Waals surface area (Å²) in [7, 11) is 2.84. The van der Waals surface area contributed by atoms with E-state index in [0.717, 1.165) is 24.0 Å². The minimum atomic E-state index is -0.919. The lowest BCUT2D eigenvalue weighted by atomic mass is 10.1. The molecule has 0 bridgehead atoms. The molecule has 0 unspecified atom stereocenters. The van der Waals surface area contributed by atoms with Crippen LogP contribution in [-0.4, -0.2) is 53.0 Å². The van der Waals surface area contributed by atoms with Crippen LogP contribution in [0.5, 0.6) is 0 Å². The number of ether oxygens (including phenoxy) is 4. The van der Waals surface area contributed by atoms with Crippen LogP contribution < -0.4 is 0 Å². The zero-order chi connectivity index (χ0) is 34.1. The van der Waals surface area contributed by atoms with Gasteiger partial charge in [0.2, 0.25) is 6.10 Å². The lowest BCUT2D eigenvalue weighted by Gasteiger charge is -2.21. The average molecular weight is 641 g/mol. The maximum absolute atomic E-state index is 12.6. The Bertz CT molecular complexity index is 1650. The van der Waals surface area contributed by atoms with Crippen LogP contribution in [0.2, 0.25) is 0 Å². The van der Waals surface area contributed by atoms with Crippen LogP contribution in [0.4, 0.5) is 0 Å². The first-order valence-electron chi connectivity index (χ1n) is 15.7. The van der Waals surface area contributed by atoms with Crippen molar-refractivity contribution >= 4 is 17.9 Å². The maximum Gasteiger partial charge on any atom is 0.355 e. The Kier molecular flexibility index (Phi) is 11.5. The Balaban J connectivity index is 0.000000213. The molecule has 1 fully saturated rings. The van der Waals surface area contributed by atoms with Crippen molar-refractivity contribution in [1.82, 2.24) is 9.13 Å². The van der Waals surface area contributed by atoms with Crippen molar-refractivity contribution in [2.75, 3.05) is 14.2 Å². The lowest BCUT2D eigenvalue weighted by molar-refractivity contribution is -0.153. The molecular weight excluding hydrogens is 596 g/mol.